The zero-order valence-electron chi connectivity index (χ0n) is 19.5. The van der Waals surface area contributed by atoms with Gasteiger partial charge in [0.05, 0.1) is 25.1 Å². The number of aryl methyl sites for hydroxylation is 2. The van der Waals surface area contributed by atoms with Gasteiger partial charge in [-0.25, -0.2) is 8.42 Å². The van der Waals surface area contributed by atoms with E-state index in [4.69, 9.17) is 4.74 Å². The predicted octanol–water partition coefficient (Wildman–Crippen LogP) is 4.37. The van der Waals surface area contributed by atoms with E-state index in [1.54, 1.807) is 20.1 Å². The molecule has 0 bridgehead atoms. The van der Waals surface area contributed by atoms with E-state index < -0.39 is 16.1 Å². The van der Waals surface area contributed by atoms with Gasteiger partial charge in [0.1, 0.15) is 11.8 Å². The number of sulfonamides is 1. The van der Waals surface area contributed by atoms with E-state index in [0.717, 1.165) is 35.1 Å². The Morgan fingerprint density at radius 2 is 1.68 bits per heavy atom. The van der Waals surface area contributed by atoms with Gasteiger partial charge in [-0.15, -0.1) is 0 Å². The molecule has 2 rings (SSSR count). The van der Waals surface area contributed by atoms with Gasteiger partial charge in [-0.1, -0.05) is 38.1 Å². The van der Waals surface area contributed by atoms with Crippen molar-refractivity contribution >= 4 is 21.6 Å². The lowest BCUT2D eigenvalue weighted by Gasteiger charge is -2.31. The molecule has 6 nitrogen and oxygen atoms in total. The molecule has 1 amide bonds. The number of nitrogens with zero attached hydrogens (tertiary/aromatic N) is 1. The molecular weight excluding hydrogens is 412 g/mol. The van der Waals surface area contributed by atoms with Crippen molar-refractivity contribution in [1.82, 2.24) is 5.32 Å². The van der Waals surface area contributed by atoms with Crippen LogP contribution in [0, 0.1) is 19.8 Å². The van der Waals surface area contributed by atoms with Crippen LogP contribution in [0.3, 0.4) is 0 Å². The Morgan fingerprint density at radius 1 is 1.06 bits per heavy atom. The van der Waals surface area contributed by atoms with Crippen LogP contribution in [0.15, 0.2) is 42.5 Å². The summed E-state index contributed by atoms with van der Waals surface area (Å²) >= 11 is 0. The number of hydrogen-bond acceptors (Lipinski definition) is 4. The largest absolute Gasteiger partial charge is 0.497 e. The maximum absolute atomic E-state index is 13.2. The minimum atomic E-state index is -3.68. The molecular formula is C24H34N2O4S. The summed E-state index contributed by atoms with van der Waals surface area (Å²) in [5.74, 6) is 0.741. The quantitative estimate of drug-likeness (QED) is 0.621. The summed E-state index contributed by atoms with van der Waals surface area (Å²) in [4.78, 5) is 13.2. The highest BCUT2D eigenvalue weighted by molar-refractivity contribution is 7.92. The minimum Gasteiger partial charge on any atom is -0.497 e. The van der Waals surface area contributed by atoms with E-state index in [0.29, 0.717) is 11.6 Å². The second-order valence-electron chi connectivity index (χ2n) is 8.49. The number of anilines is 1. The zero-order chi connectivity index (χ0) is 23.3. The van der Waals surface area contributed by atoms with Crippen molar-refractivity contribution in [3.05, 3.63) is 59.2 Å². The number of methoxy groups -OCH3 is 1. The lowest BCUT2D eigenvalue weighted by molar-refractivity contribution is -0.122. The number of carbonyl (C=O) groups is 1. The smallest absolute Gasteiger partial charge is 0.244 e. The molecule has 0 unspecified atom stereocenters. The van der Waals surface area contributed by atoms with Gasteiger partial charge in [-0.3, -0.25) is 9.10 Å². The highest BCUT2D eigenvalue weighted by Gasteiger charge is 2.31. The van der Waals surface area contributed by atoms with Crippen LogP contribution in [-0.4, -0.2) is 33.7 Å². The van der Waals surface area contributed by atoms with Crippen molar-refractivity contribution in [2.24, 2.45) is 5.92 Å². The highest BCUT2D eigenvalue weighted by Crippen LogP contribution is 2.28. The number of amides is 1. The molecule has 2 aromatic rings. The van der Waals surface area contributed by atoms with Crippen LogP contribution in [0.25, 0.3) is 0 Å². The molecule has 31 heavy (non-hydrogen) atoms. The topological polar surface area (TPSA) is 75.7 Å². The van der Waals surface area contributed by atoms with Crippen LogP contribution in [0.4, 0.5) is 5.69 Å². The van der Waals surface area contributed by atoms with Crippen molar-refractivity contribution in [2.75, 3.05) is 17.7 Å². The third-order valence-corrected chi connectivity index (χ3v) is 6.46. The van der Waals surface area contributed by atoms with E-state index in [9.17, 15) is 13.2 Å². The molecule has 2 atom stereocenters. The summed E-state index contributed by atoms with van der Waals surface area (Å²) in [7, 11) is -2.07. The van der Waals surface area contributed by atoms with Crippen LogP contribution in [0.1, 0.15) is 49.9 Å². The number of carbonyl (C=O) groups excluding carboxylic acids is 1. The van der Waals surface area contributed by atoms with Crippen LogP contribution in [0.5, 0.6) is 5.75 Å². The number of ether oxygens (including phenoxy) is 1. The van der Waals surface area contributed by atoms with Gasteiger partial charge >= 0.3 is 0 Å². The Balaban J connectivity index is 2.36. The summed E-state index contributed by atoms with van der Waals surface area (Å²) < 4.78 is 31.8. The summed E-state index contributed by atoms with van der Waals surface area (Å²) in [6.45, 7) is 9.54. The van der Waals surface area contributed by atoms with Crippen molar-refractivity contribution < 1.29 is 17.9 Å². The molecule has 0 saturated carbocycles. The fraction of sp³-hybridized carbons (Fsp3) is 0.458. The van der Waals surface area contributed by atoms with E-state index >= 15 is 0 Å². The lowest BCUT2D eigenvalue weighted by Crippen LogP contribution is -2.49. The minimum absolute atomic E-state index is 0.235. The number of hydrogen-bond donors (Lipinski definition) is 1. The Morgan fingerprint density at radius 3 is 2.19 bits per heavy atom. The molecule has 0 spiro atoms. The molecule has 0 saturated heterocycles. The second-order valence-corrected chi connectivity index (χ2v) is 10.3. The van der Waals surface area contributed by atoms with Crippen LogP contribution >= 0.6 is 0 Å². The fourth-order valence-electron chi connectivity index (χ4n) is 3.62. The Hall–Kier alpha value is -2.54. The first kappa shape index (κ1) is 24.7. The Labute approximate surface area is 186 Å². The monoisotopic (exact) mass is 446 g/mol. The van der Waals surface area contributed by atoms with Crippen molar-refractivity contribution in [3.8, 4) is 5.75 Å². The van der Waals surface area contributed by atoms with Gasteiger partial charge in [0.25, 0.3) is 0 Å². The Kier molecular flexibility index (Phi) is 8.12. The predicted molar refractivity (Wildman–Crippen MR) is 126 cm³/mol. The first-order valence-corrected chi connectivity index (χ1v) is 12.3. The van der Waals surface area contributed by atoms with Crippen molar-refractivity contribution in [1.29, 1.82) is 0 Å². The molecule has 0 fully saturated rings. The molecule has 7 heteroatoms. The average Bonchev–Trinajstić information content (AvgIpc) is 2.68. The second kappa shape index (κ2) is 10.2. The number of nitrogens with one attached hydrogen (secondary N) is 1. The van der Waals surface area contributed by atoms with Crippen LogP contribution in [-0.2, 0) is 14.8 Å². The van der Waals surface area contributed by atoms with Gasteiger partial charge < -0.3 is 10.1 Å². The highest BCUT2D eigenvalue weighted by atomic mass is 32.2. The normalized spacial score (nSPS) is 13.5. The van der Waals surface area contributed by atoms with Crippen LogP contribution < -0.4 is 14.4 Å². The molecule has 0 aromatic heterocycles. The SMILES string of the molecule is COc1ccc([C@H](CC(C)C)NC(=O)[C@@H](C)N(c2cc(C)ccc2C)S(C)(=O)=O)cc1. The molecule has 0 radical (unpaired) electrons. The van der Waals surface area contributed by atoms with Crippen molar-refractivity contribution in [3.63, 3.8) is 0 Å². The fourth-order valence-corrected chi connectivity index (χ4v) is 4.84. The maximum atomic E-state index is 13.2. The molecule has 170 valence electrons. The molecule has 1 N–H and O–H groups in total. The van der Waals surface area contributed by atoms with Crippen molar-refractivity contribution in [2.45, 2.75) is 53.1 Å². The van der Waals surface area contributed by atoms with Gasteiger partial charge in [0.15, 0.2) is 0 Å². The zero-order valence-corrected chi connectivity index (χ0v) is 20.3. The van der Waals surface area contributed by atoms with Gasteiger partial charge in [0.2, 0.25) is 15.9 Å². The first-order chi connectivity index (χ1) is 14.4. The molecule has 0 aliphatic heterocycles. The van der Waals surface area contributed by atoms with E-state index in [1.165, 1.54) is 4.31 Å². The summed E-state index contributed by atoms with van der Waals surface area (Å²) in [6, 6.07) is 12.0. The van der Waals surface area contributed by atoms with E-state index in [1.807, 2.05) is 50.2 Å². The van der Waals surface area contributed by atoms with Crippen LogP contribution in [0.2, 0.25) is 0 Å². The van der Waals surface area contributed by atoms with E-state index in [-0.39, 0.29) is 11.9 Å². The first-order valence-electron chi connectivity index (χ1n) is 10.4. The molecule has 0 aliphatic rings. The summed E-state index contributed by atoms with van der Waals surface area (Å²) in [6.07, 6.45) is 1.86. The average molecular weight is 447 g/mol. The van der Waals surface area contributed by atoms with Gasteiger partial charge in [-0.05, 0) is 68.0 Å². The molecule has 0 heterocycles. The molecule has 0 aliphatic carbocycles. The van der Waals surface area contributed by atoms with E-state index in [2.05, 4.69) is 19.2 Å². The number of benzene rings is 2. The van der Waals surface area contributed by atoms with Gasteiger partial charge in [-0.2, -0.15) is 0 Å². The third kappa shape index (κ3) is 6.47. The lowest BCUT2D eigenvalue weighted by atomic mass is 9.96. The summed E-state index contributed by atoms with van der Waals surface area (Å²) in [5, 5.41) is 3.07. The molecule has 2 aromatic carbocycles. The standard InChI is InChI=1S/C24H34N2O4S/c1-16(2)14-22(20-10-12-21(30-6)13-11-20)25-24(27)19(5)26(31(7,28)29)23-15-17(3)8-9-18(23)4/h8-13,15-16,19,22H,14H2,1-7H3,(H,25,27)/t19-,22+/m1/s1. The maximum Gasteiger partial charge on any atom is 0.244 e. The number of rotatable bonds is 9. The Bertz CT molecular complexity index is 1000. The third-order valence-electron chi connectivity index (χ3n) is 5.23. The summed E-state index contributed by atoms with van der Waals surface area (Å²) in [5.41, 5.74) is 3.20. The van der Waals surface area contributed by atoms with Gasteiger partial charge in [0, 0.05) is 0 Å².